The zero-order chi connectivity index (χ0) is 20.4. The minimum absolute atomic E-state index is 0.00703. The molecule has 0 saturated heterocycles. The largest absolute Gasteiger partial charge is 0.373 e. The molecule has 0 radical (unpaired) electrons. The molecule has 0 fully saturated rings. The molecule has 150 valence electrons. The number of benzene rings is 2. The SMILES string of the molecule is CCNC(=NCc1ccc(C(=O)N(C)C)cc1)NCCN(C)c1ccccc1. The normalized spacial score (nSPS) is 11.1. The third-order valence-corrected chi connectivity index (χ3v) is 4.31. The molecule has 6 heteroatoms. The molecule has 0 aliphatic carbocycles. The summed E-state index contributed by atoms with van der Waals surface area (Å²) in [5, 5.41) is 6.64. The fourth-order valence-electron chi connectivity index (χ4n) is 2.68. The van der Waals surface area contributed by atoms with Gasteiger partial charge in [-0.15, -0.1) is 0 Å². The average molecular weight is 382 g/mol. The molecule has 1 amide bonds. The van der Waals surface area contributed by atoms with Gasteiger partial charge < -0.3 is 20.4 Å². The van der Waals surface area contributed by atoms with Gasteiger partial charge in [0.15, 0.2) is 5.96 Å². The number of nitrogens with one attached hydrogen (secondary N) is 2. The number of rotatable bonds is 8. The summed E-state index contributed by atoms with van der Waals surface area (Å²) in [6, 6.07) is 17.9. The van der Waals surface area contributed by atoms with E-state index in [1.807, 2.05) is 42.5 Å². The van der Waals surface area contributed by atoms with Crippen LogP contribution in [0.15, 0.2) is 59.6 Å². The summed E-state index contributed by atoms with van der Waals surface area (Å²) in [4.78, 5) is 20.4. The number of nitrogens with zero attached hydrogens (tertiary/aromatic N) is 3. The molecule has 6 nitrogen and oxygen atoms in total. The van der Waals surface area contributed by atoms with E-state index >= 15 is 0 Å². The van der Waals surface area contributed by atoms with E-state index in [4.69, 9.17) is 0 Å². The summed E-state index contributed by atoms with van der Waals surface area (Å²) in [6.45, 7) is 5.06. The molecule has 0 saturated carbocycles. The van der Waals surface area contributed by atoms with Gasteiger partial charge in [-0.25, -0.2) is 4.99 Å². The van der Waals surface area contributed by atoms with Gasteiger partial charge in [0.1, 0.15) is 0 Å². The highest BCUT2D eigenvalue weighted by molar-refractivity contribution is 5.93. The van der Waals surface area contributed by atoms with Crippen molar-refractivity contribution in [3.05, 3.63) is 65.7 Å². The summed E-state index contributed by atoms with van der Waals surface area (Å²) >= 11 is 0. The number of carbonyl (C=O) groups excluding carboxylic acids is 1. The maximum absolute atomic E-state index is 12.0. The maximum Gasteiger partial charge on any atom is 0.253 e. The zero-order valence-electron chi connectivity index (χ0n) is 17.3. The maximum atomic E-state index is 12.0. The van der Waals surface area contributed by atoms with E-state index in [9.17, 15) is 4.79 Å². The summed E-state index contributed by atoms with van der Waals surface area (Å²) in [6.07, 6.45) is 0. The van der Waals surface area contributed by atoms with Crippen molar-refractivity contribution in [2.75, 3.05) is 45.7 Å². The van der Waals surface area contributed by atoms with Crippen LogP contribution >= 0.6 is 0 Å². The Morgan fingerprint density at radius 1 is 0.964 bits per heavy atom. The molecule has 0 spiro atoms. The predicted octanol–water partition coefficient (Wildman–Crippen LogP) is 2.58. The van der Waals surface area contributed by atoms with Crippen LogP contribution < -0.4 is 15.5 Å². The average Bonchev–Trinajstić information content (AvgIpc) is 2.72. The topological polar surface area (TPSA) is 60.0 Å². The number of anilines is 1. The van der Waals surface area contributed by atoms with Crippen LogP contribution in [0, 0.1) is 0 Å². The van der Waals surface area contributed by atoms with Crippen LogP contribution in [0.4, 0.5) is 5.69 Å². The van der Waals surface area contributed by atoms with Crippen LogP contribution in [-0.4, -0.2) is 57.5 Å². The van der Waals surface area contributed by atoms with Gasteiger partial charge in [-0.05, 0) is 36.8 Å². The van der Waals surface area contributed by atoms with Crippen molar-refractivity contribution in [1.82, 2.24) is 15.5 Å². The smallest absolute Gasteiger partial charge is 0.253 e. The molecule has 0 aliphatic rings. The van der Waals surface area contributed by atoms with Crippen molar-refractivity contribution in [3.63, 3.8) is 0 Å². The van der Waals surface area contributed by atoms with Crippen LogP contribution in [-0.2, 0) is 6.54 Å². The Labute approximate surface area is 168 Å². The molecular weight excluding hydrogens is 350 g/mol. The zero-order valence-corrected chi connectivity index (χ0v) is 17.3. The molecule has 0 bridgehead atoms. The van der Waals surface area contributed by atoms with Crippen molar-refractivity contribution < 1.29 is 4.79 Å². The minimum atomic E-state index is 0.00703. The van der Waals surface area contributed by atoms with Crippen molar-refractivity contribution in [3.8, 4) is 0 Å². The first-order valence-corrected chi connectivity index (χ1v) is 9.60. The highest BCUT2D eigenvalue weighted by Gasteiger charge is 2.07. The van der Waals surface area contributed by atoms with Gasteiger partial charge in [-0.2, -0.15) is 0 Å². The van der Waals surface area contributed by atoms with E-state index in [1.165, 1.54) is 5.69 Å². The Hall–Kier alpha value is -3.02. The number of amides is 1. The van der Waals surface area contributed by atoms with Gasteiger partial charge in [0.05, 0.1) is 6.54 Å². The number of guanidine groups is 1. The van der Waals surface area contributed by atoms with E-state index in [1.54, 1.807) is 19.0 Å². The van der Waals surface area contributed by atoms with E-state index in [2.05, 4.69) is 46.6 Å². The fraction of sp³-hybridized carbons (Fsp3) is 0.364. The highest BCUT2D eigenvalue weighted by atomic mass is 16.2. The second-order valence-corrected chi connectivity index (χ2v) is 6.78. The van der Waals surface area contributed by atoms with Gasteiger partial charge >= 0.3 is 0 Å². The van der Waals surface area contributed by atoms with Gasteiger partial charge in [-0.1, -0.05) is 30.3 Å². The van der Waals surface area contributed by atoms with Crippen LogP contribution in [0.1, 0.15) is 22.8 Å². The summed E-state index contributed by atoms with van der Waals surface area (Å²) < 4.78 is 0. The number of hydrogen-bond acceptors (Lipinski definition) is 3. The summed E-state index contributed by atoms with van der Waals surface area (Å²) in [5.74, 6) is 0.796. The first-order chi connectivity index (χ1) is 13.5. The monoisotopic (exact) mass is 381 g/mol. The predicted molar refractivity (Wildman–Crippen MR) is 117 cm³/mol. The van der Waals surface area contributed by atoms with Gasteiger partial charge in [0, 0.05) is 52.0 Å². The summed E-state index contributed by atoms with van der Waals surface area (Å²) in [5.41, 5.74) is 2.94. The van der Waals surface area contributed by atoms with Gasteiger partial charge in [0.2, 0.25) is 0 Å². The molecule has 0 unspecified atom stereocenters. The van der Waals surface area contributed by atoms with Crippen molar-refractivity contribution in [2.45, 2.75) is 13.5 Å². The molecule has 0 aromatic heterocycles. The lowest BCUT2D eigenvalue weighted by Gasteiger charge is -2.20. The van der Waals surface area contributed by atoms with Gasteiger partial charge in [-0.3, -0.25) is 4.79 Å². The van der Waals surface area contributed by atoms with E-state index < -0.39 is 0 Å². The Bertz CT molecular complexity index is 756. The molecule has 0 aliphatic heterocycles. The first-order valence-electron chi connectivity index (χ1n) is 9.60. The lowest BCUT2D eigenvalue weighted by molar-refractivity contribution is 0.0827. The first kappa shape index (κ1) is 21.3. The van der Waals surface area contributed by atoms with E-state index in [0.717, 1.165) is 31.2 Å². The van der Waals surface area contributed by atoms with Crippen LogP contribution in [0.3, 0.4) is 0 Å². The molecular formula is C22H31N5O. The highest BCUT2D eigenvalue weighted by Crippen LogP contribution is 2.10. The summed E-state index contributed by atoms with van der Waals surface area (Å²) in [7, 11) is 5.59. The Morgan fingerprint density at radius 2 is 1.64 bits per heavy atom. The van der Waals surface area contributed by atoms with Crippen LogP contribution in [0.5, 0.6) is 0 Å². The number of likely N-dealkylation sites (N-methyl/N-ethyl adjacent to an activating group) is 1. The second-order valence-electron chi connectivity index (χ2n) is 6.78. The van der Waals surface area contributed by atoms with Crippen molar-refractivity contribution >= 4 is 17.6 Å². The van der Waals surface area contributed by atoms with Crippen LogP contribution in [0.25, 0.3) is 0 Å². The van der Waals surface area contributed by atoms with Crippen molar-refractivity contribution in [1.29, 1.82) is 0 Å². The molecule has 0 atom stereocenters. The number of carbonyl (C=O) groups is 1. The second kappa shape index (κ2) is 11.0. The van der Waals surface area contributed by atoms with Crippen LogP contribution in [0.2, 0.25) is 0 Å². The number of para-hydroxylation sites is 1. The van der Waals surface area contributed by atoms with E-state index in [-0.39, 0.29) is 5.91 Å². The molecule has 2 aromatic carbocycles. The Morgan fingerprint density at radius 3 is 2.25 bits per heavy atom. The lowest BCUT2D eigenvalue weighted by atomic mass is 10.1. The Balaban J connectivity index is 1.88. The van der Waals surface area contributed by atoms with Crippen molar-refractivity contribution in [2.24, 2.45) is 4.99 Å². The quantitative estimate of drug-likeness (QED) is 0.545. The molecule has 28 heavy (non-hydrogen) atoms. The van der Waals surface area contributed by atoms with E-state index in [0.29, 0.717) is 12.1 Å². The third-order valence-electron chi connectivity index (χ3n) is 4.31. The molecule has 0 heterocycles. The number of aliphatic imine (C=N–C) groups is 1. The standard InChI is InChI=1S/C22H31N5O/c1-5-23-22(24-15-16-27(4)20-9-7-6-8-10-20)25-17-18-11-13-19(14-12-18)21(28)26(2)3/h6-14H,5,15-17H2,1-4H3,(H2,23,24,25). The molecule has 2 N–H and O–H groups in total. The van der Waals surface area contributed by atoms with Gasteiger partial charge in [0.25, 0.3) is 5.91 Å². The third kappa shape index (κ3) is 6.61. The molecule has 2 aromatic rings. The number of hydrogen-bond donors (Lipinski definition) is 2. The minimum Gasteiger partial charge on any atom is -0.373 e. The Kier molecular flexibility index (Phi) is 8.34. The fourth-order valence-corrected chi connectivity index (χ4v) is 2.68. The lowest BCUT2D eigenvalue weighted by Crippen LogP contribution is -2.41. The molecule has 2 rings (SSSR count).